The highest BCUT2D eigenvalue weighted by Crippen LogP contribution is 2.38. The molecule has 0 atom stereocenters. The van der Waals surface area contributed by atoms with Gasteiger partial charge in [-0.3, -0.25) is 0 Å². The van der Waals surface area contributed by atoms with Gasteiger partial charge >= 0.3 is 0 Å². The molecule has 0 radical (unpaired) electrons. The van der Waals surface area contributed by atoms with Crippen LogP contribution in [0.15, 0.2) is 164 Å². The van der Waals surface area contributed by atoms with Gasteiger partial charge in [-0.05, 0) is 91.6 Å². The van der Waals surface area contributed by atoms with Crippen LogP contribution >= 0.6 is 0 Å². The lowest BCUT2D eigenvalue weighted by Gasteiger charge is -2.27. The Balaban J connectivity index is 0.000000188. The SMILES string of the molecule is COCCOc1cc(-n2cc(-c3c4ccccc4cc4ccccc34)nn2)ccc1N1CCOCCOCCOCCOCCOCC1.c1ccc2c(-c3cn(-c4ccc(N5CCOCCOCCOCCOCCOCC5)cc4)nn3)c3ccccc3cc2c1. The van der Waals surface area contributed by atoms with Crippen molar-refractivity contribution in [2.75, 3.05) is 188 Å². The smallest absolute Gasteiger partial charge is 0.144 e. The maximum Gasteiger partial charge on any atom is 0.144 e. The minimum absolute atomic E-state index is 0.400. The first kappa shape index (κ1) is 64.6. The Hall–Kier alpha value is -7.96. The predicted octanol–water partition coefficient (Wildman–Crippen LogP) is 10.3. The molecule has 2 fully saturated rings. The fourth-order valence-corrected chi connectivity index (χ4v) is 11.0. The summed E-state index contributed by atoms with van der Waals surface area (Å²) in [6.45, 7) is 14.4. The number of ether oxygens (including phenoxy) is 12. The van der Waals surface area contributed by atoms with E-state index in [1.54, 1.807) is 11.8 Å². The Morgan fingerprint density at radius 1 is 0.341 bits per heavy atom. The molecule has 8 aromatic carbocycles. The third-order valence-electron chi connectivity index (χ3n) is 15.6. The molecule has 0 saturated carbocycles. The monoisotopic (exact) mass is 1240 g/mol. The van der Waals surface area contributed by atoms with Gasteiger partial charge < -0.3 is 66.6 Å². The van der Waals surface area contributed by atoms with E-state index in [2.05, 4.69) is 170 Å². The summed E-state index contributed by atoms with van der Waals surface area (Å²) in [4.78, 5) is 4.50. The molecule has 0 spiro atoms. The maximum atomic E-state index is 6.30. The lowest BCUT2D eigenvalue weighted by molar-refractivity contribution is -0.0116. The van der Waals surface area contributed by atoms with Crippen molar-refractivity contribution in [2.45, 2.75) is 0 Å². The highest BCUT2D eigenvalue weighted by atomic mass is 16.6. The van der Waals surface area contributed by atoms with Gasteiger partial charge in [-0.15, -0.1) is 10.2 Å². The summed E-state index contributed by atoms with van der Waals surface area (Å²) < 4.78 is 72.2. The van der Waals surface area contributed by atoms with E-state index >= 15 is 0 Å². The van der Waals surface area contributed by atoms with Gasteiger partial charge in [0.15, 0.2) is 0 Å². The summed E-state index contributed by atoms with van der Waals surface area (Å²) in [7, 11) is 1.67. The standard InChI is InChI=1S/C37H44N4O7.C34H38N4O5/c1-42-16-25-48-36-27-31(10-11-35(36)40-12-14-43-17-19-45-21-23-47-24-22-46-20-18-44-15-13-40)41-28-34(38-39-41)37-32-8-4-2-6-29(32)26-30-7-3-5-9-33(30)37;1-3-7-31-27(5-1)25-28-6-2-4-8-32(28)34(31)33-26-38(36-35-33)30-11-9-29(10-12-30)37-13-15-39-17-19-41-21-23-43-24-22-42-20-18-40-16-14-37/h2-11,26-28H,12-25H2,1H3;1-12,25-26H,13-24H2. The zero-order valence-electron chi connectivity index (χ0n) is 51.9. The summed E-state index contributed by atoms with van der Waals surface area (Å²) in [6, 6.07) is 52.6. The van der Waals surface area contributed by atoms with Crippen molar-refractivity contribution in [1.29, 1.82) is 0 Å². The van der Waals surface area contributed by atoms with Crippen molar-refractivity contribution >= 4 is 54.5 Å². The average Bonchev–Trinajstić information content (AvgIpc) is 1.81. The van der Waals surface area contributed by atoms with Crippen molar-refractivity contribution < 1.29 is 56.8 Å². The third kappa shape index (κ3) is 18.2. The van der Waals surface area contributed by atoms with Gasteiger partial charge in [0.25, 0.3) is 0 Å². The van der Waals surface area contributed by atoms with Gasteiger partial charge in [0.05, 0.1) is 168 Å². The molecule has 12 rings (SSSR count). The van der Waals surface area contributed by atoms with Crippen molar-refractivity contribution in [2.24, 2.45) is 0 Å². The number of anilines is 2. The molecule has 20 heteroatoms. The van der Waals surface area contributed by atoms with E-state index in [4.69, 9.17) is 56.8 Å². The van der Waals surface area contributed by atoms with Crippen LogP contribution < -0.4 is 14.5 Å². The minimum atomic E-state index is 0.400. The molecule has 0 N–H and O–H groups in total. The zero-order valence-corrected chi connectivity index (χ0v) is 51.9. The number of benzene rings is 8. The molecular weight excluding hydrogens is 1160 g/mol. The first-order valence-corrected chi connectivity index (χ1v) is 31.5. The van der Waals surface area contributed by atoms with E-state index in [9.17, 15) is 0 Å². The van der Waals surface area contributed by atoms with E-state index in [0.717, 1.165) is 79.9 Å². The van der Waals surface area contributed by atoms with Crippen LogP contribution in [-0.4, -0.2) is 209 Å². The number of fused-ring (bicyclic) bond motifs is 4. The van der Waals surface area contributed by atoms with Gasteiger partial charge in [0, 0.05) is 56.2 Å². The second-order valence-corrected chi connectivity index (χ2v) is 21.6. The molecule has 10 aromatic rings. The Morgan fingerprint density at radius 3 is 1.05 bits per heavy atom. The molecule has 478 valence electrons. The molecule has 0 amide bonds. The van der Waals surface area contributed by atoms with Crippen molar-refractivity contribution in [3.05, 3.63) is 164 Å². The Bertz CT molecular complexity index is 3670. The van der Waals surface area contributed by atoms with Gasteiger partial charge in [0.2, 0.25) is 0 Å². The van der Waals surface area contributed by atoms with E-state index in [-0.39, 0.29) is 0 Å². The number of nitrogens with zero attached hydrogens (tertiary/aromatic N) is 8. The van der Waals surface area contributed by atoms with Gasteiger partial charge in [0.1, 0.15) is 23.7 Å². The number of hydrogen-bond acceptors (Lipinski definition) is 18. The van der Waals surface area contributed by atoms with Crippen LogP contribution in [0.2, 0.25) is 0 Å². The molecule has 0 unspecified atom stereocenters. The molecule has 2 aliphatic heterocycles. The van der Waals surface area contributed by atoms with E-state index in [0.29, 0.717) is 164 Å². The number of aromatic nitrogens is 6. The predicted molar refractivity (Wildman–Crippen MR) is 354 cm³/mol. The highest BCUT2D eigenvalue weighted by molar-refractivity contribution is 6.13. The summed E-state index contributed by atoms with van der Waals surface area (Å²) >= 11 is 0. The lowest BCUT2D eigenvalue weighted by Crippen LogP contribution is -2.32. The summed E-state index contributed by atoms with van der Waals surface area (Å²) in [6.07, 6.45) is 3.99. The maximum absolute atomic E-state index is 6.30. The first-order valence-electron chi connectivity index (χ1n) is 31.5. The average molecular weight is 1240 g/mol. The fourth-order valence-electron chi connectivity index (χ4n) is 11.0. The van der Waals surface area contributed by atoms with E-state index < -0.39 is 0 Å². The van der Waals surface area contributed by atoms with Crippen LogP contribution in [0.3, 0.4) is 0 Å². The zero-order chi connectivity index (χ0) is 61.9. The van der Waals surface area contributed by atoms with Crippen LogP contribution in [-0.2, 0) is 52.1 Å². The van der Waals surface area contributed by atoms with Gasteiger partial charge in [-0.1, -0.05) is 107 Å². The molecule has 2 saturated heterocycles. The van der Waals surface area contributed by atoms with Crippen LogP contribution in [0.25, 0.3) is 77.0 Å². The molecule has 2 aromatic heterocycles. The molecule has 20 nitrogen and oxygen atoms in total. The van der Waals surface area contributed by atoms with Gasteiger partial charge in [-0.25, -0.2) is 9.36 Å². The van der Waals surface area contributed by atoms with Crippen molar-refractivity contribution in [3.63, 3.8) is 0 Å². The second-order valence-electron chi connectivity index (χ2n) is 21.6. The van der Waals surface area contributed by atoms with Crippen LogP contribution in [0, 0.1) is 0 Å². The summed E-state index contributed by atoms with van der Waals surface area (Å²) in [5.74, 6) is 0.714. The second kappa shape index (κ2) is 35.0. The quantitative estimate of drug-likeness (QED) is 0.0932. The first-order chi connectivity index (χ1) is 45.2. The van der Waals surface area contributed by atoms with Crippen LogP contribution in [0.5, 0.6) is 5.75 Å². The topological polar surface area (TPSA) is 179 Å². The molecule has 0 aliphatic carbocycles. The Kier molecular flexibility index (Phi) is 24.8. The van der Waals surface area contributed by atoms with E-state index in [1.807, 2.05) is 29.2 Å². The lowest BCUT2D eigenvalue weighted by atomic mass is 9.95. The molecular formula is C71H82N8O12. The van der Waals surface area contributed by atoms with Crippen molar-refractivity contribution in [1.82, 2.24) is 30.0 Å². The molecule has 0 bridgehead atoms. The number of rotatable bonds is 10. The van der Waals surface area contributed by atoms with E-state index in [1.165, 1.54) is 21.5 Å². The Labute approximate surface area is 531 Å². The number of methoxy groups -OCH3 is 1. The van der Waals surface area contributed by atoms with Crippen LogP contribution in [0.1, 0.15) is 0 Å². The largest absolute Gasteiger partial charge is 0.489 e. The highest BCUT2D eigenvalue weighted by Gasteiger charge is 2.19. The van der Waals surface area contributed by atoms with Gasteiger partial charge in [-0.2, -0.15) is 0 Å². The summed E-state index contributed by atoms with van der Waals surface area (Å²) in [5, 5.41) is 27.7. The summed E-state index contributed by atoms with van der Waals surface area (Å²) in [5.41, 5.74) is 7.62. The normalized spacial score (nSPS) is 16.8. The fraction of sp³-hybridized carbons (Fsp3) is 0.380. The minimum Gasteiger partial charge on any atom is -0.489 e. The molecule has 4 heterocycles. The third-order valence-corrected chi connectivity index (χ3v) is 15.6. The molecule has 91 heavy (non-hydrogen) atoms. The van der Waals surface area contributed by atoms with Crippen molar-refractivity contribution in [3.8, 4) is 39.6 Å². The molecule has 2 aliphatic rings. The number of hydrogen-bond donors (Lipinski definition) is 0. The Morgan fingerprint density at radius 2 is 0.670 bits per heavy atom. The van der Waals surface area contributed by atoms with Crippen LogP contribution in [0.4, 0.5) is 11.4 Å².